The molecule has 0 amide bonds. The molecule has 0 atom stereocenters. The average molecular weight is 789 g/mol. The summed E-state index contributed by atoms with van der Waals surface area (Å²) in [6, 6.07) is 43.0. The van der Waals surface area contributed by atoms with Gasteiger partial charge in [-0.05, 0) is 108 Å². The van der Waals surface area contributed by atoms with Crippen LogP contribution in [0.1, 0.15) is 123 Å². The fraction of sp³-hybridized carbons (Fsp3) is 0.382. The van der Waals surface area contributed by atoms with E-state index >= 15 is 0 Å². The number of benzene rings is 4. The SMILES string of the molecule is CCCCCCCc1ccc(-c2ccc(-c3ccc(OCCCC)cc3)cc2)cn1.CCCCCCc1ccc(-c2ccc(-c3ccc(OCCCC)cc3)cc2)cn1. The molecular formula is C55H68N2O2. The summed E-state index contributed by atoms with van der Waals surface area (Å²) in [7, 11) is 0. The van der Waals surface area contributed by atoms with E-state index in [9.17, 15) is 0 Å². The fourth-order valence-corrected chi connectivity index (χ4v) is 7.00. The Labute approximate surface area is 356 Å². The van der Waals surface area contributed by atoms with Crippen LogP contribution in [0, 0.1) is 0 Å². The Bertz CT molecular complexity index is 1980. The van der Waals surface area contributed by atoms with Crippen LogP contribution in [-0.4, -0.2) is 23.2 Å². The molecule has 0 saturated carbocycles. The van der Waals surface area contributed by atoms with Crippen molar-refractivity contribution in [3.8, 4) is 56.0 Å². The average Bonchev–Trinajstić information content (AvgIpc) is 3.29. The number of rotatable bonds is 23. The molecule has 2 aromatic heterocycles. The van der Waals surface area contributed by atoms with E-state index in [4.69, 9.17) is 9.47 Å². The first-order valence-corrected chi connectivity index (χ1v) is 22.7. The lowest BCUT2D eigenvalue weighted by Gasteiger charge is -2.08. The number of hydrogen-bond donors (Lipinski definition) is 0. The molecule has 0 N–H and O–H groups in total. The largest absolute Gasteiger partial charge is 0.494 e. The number of aromatic nitrogens is 2. The Hall–Kier alpha value is -5.22. The van der Waals surface area contributed by atoms with Crippen LogP contribution in [0.4, 0.5) is 0 Å². The van der Waals surface area contributed by atoms with Gasteiger partial charge in [0.1, 0.15) is 11.5 Å². The molecule has 0 spiro atoms. The molecule has 4 heteroatoms. The number of aryl methyl sites for hydroxylation is 2. The molecule has 0 saturated heterocycles. The van der Waals surface area contributed by atoms with E-state index in [-0.39, 0.29) is 0 Å². The van der Waals surface area contributed by atoms with Crippen LogP contribution in [-0.2, 0) is 12.8 Å². The molecule has 6 rings (SSSR count). The Morgan fingerprint density at radius 1 is 0.305 bits per heavy atom. The highest BCUT2D eigenvalue weighted by atomic mass is 16.5. The van der Waals surface area contributed by atoms with E-state index in [1.165, 1.54) is 114 Å². The van der Waals surface area contributed by atoms with Crippen molar-refractivity contribution >= 4 is 0 Å². The Morgan fingerprint density at radius 2 is 0.593 bits per heavy atom. The minimum Gasteiger partial charge on any atom is -0.494 e. The molecule has 4 aromatic carbocycles. The van der Waals surface area contributed by atoms with Gasteiger partial charge in [-0.1, -0.05) is 170 Å². The summed E-state index contributed by atoms with van der Waals surface area (Å²) in [5.74, 6) is 1.89. The van der Waals surface area contributed by atoms with Gasteiger partial charge in [-0.25, -0.2) is 0 Å². The quantitative estimate of drug-likeness (QED) is 0.0607. The van der Waals surface area contributed by atoms with Crippen molar-refractivity contribution in [2.24, 2.45) is 0 Å². The molecular weight excluding hydrogens is 721 g/mol. The number of unbranched alkanes of at least 4 members (excludes halogenated alkanes) is 9. The van der Waals surface area contributed by atoms with Crippen LogP contribution >= 0.6 is 0 Å². The lowest BCUT2D eigenvalue weighted by Crippen LogP contribution is -1.95. The second-order valence-electron chi connectivity index (χ2n) is 15.7. The van der Waals surface area contributed by atoms with Crippen LogP contribution in [0.5, 0.6) is 11.5 Å². The molecule has 4 nitrogen and oxygen atoms in total. The molecule has 0 radical (unpaired) electrons. The zero-order valence-electron chi connectivity index (χ0n) is 36.4. The van der Waals surface area contributed by atoms with Crippen LogP contribution in [0.15, 0.2) is 134 Å². The summed E-state index contributed by atoms with van der Waals surface area (Å²) in [5.41, 5.74) is 12.0. The highest BCUT2D eigenvalue weighted by molar-refractivity contribution is 5.71. The number of ether oxygens (including phenoxy) is 2. The van der Waals surface area contributed by atoms with E-state index in [1.807, 2.05) is 12.4 Å². The molecule has 59 heavy (non-hydrogen) atoms. The molecule has 2 heterocycles. The van der Waals surface area contributed by atoms with Crippen LogP contribution < -0.4 is 9.47 Å². The van der Waals surface area contributed by atoms with E-state index < -0.39 is 0 Å². The summed E-state index contributed by atoms with van der Waals surface area (Å²) in [4.78, 5) is 9.34. The maximum atomic E-state index is 5.76. The van der Waals surface area contributed by atoms with E-state index in [2.05, 4.69) is 159 Å². The monoisotopic (exact) mass is 789 g/mol. The molecule has 0 aliphatic carbocycles. The predicted molar refractivity (Wildman–Crippen MR) is 251 cm³/mol. The summed E-state index contributed by atoms with van der Waals surface area (Å²) in [5, 5.41) is 0. The van der Waals surface area contributed by atoms with Crippen molar-refractivity contribution in [3.63, 3.8) is 0 Å². The second kappa shape index (κ2) is 26.0. The van der Waals surface area contributed by atoms with Gasteiger partial charge in [0.2, 0.25) is 0 Å². The smallest absolute Gasteiger partial charge is 0.119 e. The third kappa shape index (κ3) is 15.5. The van der Waals surface area contributed by atoms with Gasteiger partial charge in [0.05, 0.1) is 13.2 Å². The number of nitrogens with zero attached hydrogens (tertiary/aromatic N) is 2. The maximum Gasteiger partial charge on any atom is 0.119 e. The van der Waals surface area contributed by atoms with Crippen molar-refractivity contribution in [1.29, 1.82) is 0 Å². The van der Waals surface area contributed by atoms with E-state index in [0.29, 0.717) is 0 Å². The summed E-state index contributed by atoms with van der Waals surface area (Å²) in [6.07, 6.45) is 22.3. The van der Waals surface area contributed by atoms with Gasteiger partial charge in [0.15, 0.2) is 0 Å². The highest BCUT2D eigenvalue weighted by Gasteiger charge is 2.05. The van der Waals surface area contributed by atoms with Crippen molar-refractivity contribution in [2.75, 3.05) is 13.2 Å². The van der Waals surface area contributed by atoms with Crippen molar-refractivity contribution in [3.05, 3.63) is 145 Å². The first-order chi connectivity index (χ1) is 29.1. The Kier molecular flexibility index (Phi) is 19.8. The van der Waals surface area contributed by atoms with E-state index in [0.717, 1.165) is 63.2 Å². The normalized spacial score (nSPS) is 10.8. The topological polar surface area (TPSA) is 44.2 Å². The minimum absolute atomic E-state index is 0.788. The Balaban J connectivity index is 0.000000224. The summed E-state index contributed by atoms with van der Waals surface area (Å²) < 4.78 is 11.5. The van der Waals surface area contributed by atoms with Gasteiger partial charge in [-0.2, -0.15) is 0 Å². The minimum atomic E-state index is 0.788. The van der Waals surface area contributed by atoms with Gasteiger partial charge in [-0.3, -0.25) is 9.97 Å². The third-order valence-electron chi connectivity index (χ3n) is 10.8. The maximum absolute atomic E-state index is 5.76. The summed E-state index contributed by atoms with van der Waals surface area (Å²) in [6.45, 7) is 10.4. The number of hydrogen-bond acceptors (Lipinski definition) is 4. The third-order valence-corrected chi connectivity index (χ3v) is 10.8. The summed E-state index contributed by atoms with van der Waals surface area (Å²) >= 11 is 0. The van der Waals surface area contributed by atoms with Crippen LogP contribution in [0.3, 0.4) is 0 Å². The molecule has 0 unspecified atom stereocenters. The van der Waals surface area contributed by atoms with Crippen molar-refractivity contribution in [1.82, 2.24) is 9.97 Å². The van der Waals surface area contributed by atoms with Gasteiger partial charge in [0, 0.05) is 34.9 Å². The number of pyridine rings is 2. The highest BCUT2D eigenvalue weighted by Crippen LogP contribution is 2.28. The van der Waals surface area contributed by atoms with E-state index in [1.54, 1.807) is 0 Å². The van der Waals surface area contributed by atoms with Crippen molar-refractivity contribution in [2.45, 2.75) is 124 Å². The van der Waals surface area contributed by atoms with Gasteiger partial charge in [-0.15, -0.1) is 0 Å². The van der Waals surface area contributed by atoms with Crippen LogP contribution in [0.25, 0.3) is 44.5 Å². The molecule has 310 valence electrons. The zero-order chi connectivity index (χ0) is 41.3. The molecule has 6 aromatic rings. The van der Waals surface area contributed by atoms with Crippen LogP contribution in [0.2, 0.25) is 0 Å². The fourth-order valence-electron chi connectivity index (χ4n) is 7.00. The van der Waals surface area contributed by atoms with Gasteiger partial charge in [0.25, 0.3) is 0 Å². The molecule has 0 bridgehead atoms. The lowest BCUT2D eigenvalue weighted by molar-refractivity contribution is 0.309. The zero-order valence-corrected chi connectivity index (χ0v) is 36.4. The second-order valence-corrected chi connectivity index (χ2v) is 15.7. The van der Waals surface area contributed by atoms with Gasteiger partial charge >= 0.3 is 0 Å². The first-order valence-electron chi connectivity index (χ1n) is 22.7. The molecule has 0 aliphatic rings. The first kappa shape index (κ1) is 44.9. The van der Waals surface area contributed by atoms with Crippen molar-refractivity contribution < 1.29 is 9.47 Å². The van der Waals surface area contributed by atoms with Gasteiger partial charge < -0.3 is 9.47 Å². The Morgan fingerprint density at radius 3 is 0.915 bits per heavy atom. The lowest BCUT2D eigenvalue weighted by atomic mass is 10.0. The molecule has 0 aliphatic heterocycles. The predicted octanol–water partition coefficient (Wildman–Crippen LogP) is 15.8. The standard InChI is InChI=1S/C28H35NO.C27H33NO/c1-3-5-7-8-9-10-27-18-15-26(22-29-27)25-13-11-23(12-14-25)24-16-19-28(20-17-24)30-21-6-4-2;1-3-5-7-8-9-26-17-14-25(21-28-26)24-12-10-22(11-13-24)23-15-18-27(19-16-23)29-20-6-4-2/h11-20,22H,3-10,21H2,1-2H3;10-19,21H,3-9,20H2,1-2H3. The molecule has 0 fully saturated rings.